The number of para-hydroxylation sites is 4. The Balaban J connectivity index is 1.37. The molecule has 1 saturated heterocycles. The third-order valence-electron chi connectivity index (χ3n) is 6.02. The minimum atomic E-state index is -0.330. The van der Waals surface area contributed by atoms with Crippen LogP contribution in [0.1, 0.15) is 24.0 Å². The second-order valence-corrected chi connectivity index (χ2v) is 7.82. The Kier molecular flexibility index (Phi) is 5.24. The number of rotatable bonds is 4. The van der Waals surface area contributed by atoms with Crippen LogP contribution in [0.25, 0.3) is 0 Å². The standard InChI is InChI=1S/C26H26N2O3/c1-2-30-24-14-8-5-11-21(24)27-15-17-28(18-16-27)26(29)25-19-9-3-6-12-22(19)31-23-13-7-4-10-20(23)25/h3-14,25H,2,15-18H2,1H3. The molecule has 1 amide bonds. The molecule has 3 aromatic carbocycles. The van der Waals surface area contributed by atoms with E-state index < -0.39 is 0 Å². The number of fused-ring (bicyclic) bond motifs is 2. The van der Waals surface area contributed by atoms with Crippen molar-refractivity contribution in [2.75, 3.05) is 37.7 Å². The molecule has 0 atom stereocenters. The monoisotopic (exact) mass is 414 g/mol. The number of nitrogens with zero attached hydrogens (tertiary/aromatic N) is 2. The summed E-state index contributed by atoms with van der Waals surface area (Å²) < 4.78 is 11.9. The van der Waals surface area contributed by atoms with E-state index in [0.717, 1.165) is 47.2 Å². The van der Waals surface area contributed by atoms with Gasteiger partial charge in [-0.15, -0.1) is 0 Å². The first-order valence-electron chi connectivity index (χ1n) is 10.9. The third kappa shape index (κ3) is 3.61. The molecule has 0 aliphatic carbocycles. The molecule has 2 heterocycles. The van der Waals surface area contributed by atoms with Crippen molar-refractivity contribution in [2.45, 2.75) is 12.8 Å². The largest absolute Gasteiger partial charge is 0.492 e. The Morgan fingerprint density at radius 3 is 2.10 bits per heavy atom. The maximum Gasteiger partial charge on any atom is 0.234 e. The van der Waals surface area contributed by atoms with Crippen LogP contribution in [-0.2, 0) is 4.79 Å². The number of piperazine rings is 1. The second kappa shape index (κ2) is 8.34. The summed E-state index contributed by atoms with van der Waals surface area (Å²) in [4.78, 5) is 18.0. The quantitative estimate of drug-likeness (QED) is 0.622. The Bertz CT molecular complexity index is 1040. The SMILES string of the molecule is CCOc1ccccc1N1CCN(C(=O)C2c3ccccc3Oc3ccccc32)CC1. The van der Waals surface area contributed by atoms with E-state index in [1.807, 2.05) is 78.6 Å². The molecule has 0 bridgehead atoms. The lowest BCUT2D eigenvalue weighted by Gasteiger charge is -2.39. The molecule has 31 heavy (non-hydrogen) atoms. The normalized spacial score (nSPS) is 15.6. The minimum Gasteiger partial charge on any atom is -0.492 e. The summed E-state index contributed by atoms with van der Waals surface area (Å²) >= 11 is 0. The highest BCUT2D eigenvalue weighted by Gasteiger charge is 2.36. The van der Waals surface area contributed by atoms with E-state index in [0.29, 0.717) is 19.7 Å². The van der Waals surface area contributed by atoms with Crippen molar-refractivity contribution in [1.82, 2.24) is 4.90 Å². The van der Waals surface area contributed by atoms with Gasteiger partial charge in [-0.25, -0.2) is 0 Å². The van der Waals surface area contributed by atoms with Crippen LogP contribution in [0.3, 0.4) is 0 Å². The fourth-order valence-electron chi connectivity index (χ4n) is 4.52. The molecule has 5 rings (SSSR count). The molecule has 0 N–H and O–H groups in total. The van der Waals surface area contributed by atoms with Crippen molar-refractivity contribution in [2.24, 2.45) is 0 Å². The number of hydrogen-bond donors (Lipinski definition) is 0. The van der Waals surface area contributed by atoms with E-state index in [4.69, 9.17) is 9.47 Å². The summed E-state index contributed by atoms with van der Waals surface area (Å²) in [6.07, 6.45) is 0. The molecule has 0 radical (unpaired) electrons. The number of amides is 1. The highest BCUT2D eigenvalue weighted by atomic mass is 16.5. The van der Waals surface area contributed by atoms with Crippen molar-refractivity contribution in [3.63, 3.8) is 0 Å². The number of carbonyl (C=O) groups is 1. The summed E-state index contributed by atoms with van der Waals surface area (Å²) in [6, 6.07) is 23.8. The van der Waals surface area contributed by atoms with Gasteiger partial charge in [0.25, 0.3) is 0 Å². The maximum atomic E-state index is 13.7. The average molecular weight is 415 g/mol. The fourth-order valence-corrected chi connectivity index (χ4v) is 4.52. The smallest absolute Gasteiger partial charge is 0.234 e. The van der Waals surface area contributed by atoms with Gasteiger partial charge in [0.15, 0.2) is 0 Å². The van der Waals surface area contributed by atoms with Crippen LogP contribution in [0.15, 0.2) is 72.8 Å². The molecule has 0 saturated carbocycles. The van der Waals surface area contributed by atoms with E-state index in [-0.39, 0.29) is 11.8 Å². The van der Waals surface area contributed by atoms with Gasteiger partial charge in [0.2, 0.25) is 5.91 Å². The lowest BCUT2D eigenvalue weighted by atomic mass is 9.86. The topological polar surface area (TPSA) is 42.0 Å². The van der Waals surface area contributed by atoms with Gasteiger partial charge in [-0.05, 0) is 31.2 Å². The van der Waals surface area contributed by atoms with E-state index in [2.05, 4.69) is 11.0 Å². The molecule has 2 aliphatic rings. The van der Waals surface area contributed by atoms with Crippen LogP contribution in [-0.4, -0.2) is 43.6 Å². The lowest BCUT2D eigenvalue weighted by molar-refractivity contribution is -0.132. The van der Waals surface area contributed by atoms with Crippen LogP contribution in [0.2, 0.25) is 0 Å². The number of hydrogen-bond acceptors (Lipinski definition) is 4. The van der Waals surface area contributed by atoms with Gasteiger partial charge in [-0.2, -0.15) is 0 Å². The first-order valence-corrected chi connectivity index (χ1v) is 10.9. The third-order valence-corrected chi connectivity index (χ3v) is 6.02. The fraction of sp³-hybridized carbons (Fsp3) is 0.269. The van der Waals surface area contributed by atoms with Crippen molar-refractivity contribution < 1.29 is 14.3 Å². The first-order chi connectivity index (χ1) is 15.3. The number of carbonyl (C=O) groups excluding carboxylic acids is 1. The van der Waals surface area contributed by atoms with E-state index in [9.17, 15) is 4.79 Å². The molecule has 158 valence electrons. The van der Waals surface area contributed by atoms with Crippen molar-refractivity contribution >= 4 is 11.6 Å². The maximum absolute atomic E-state index is 13.7. The first kappa shape index (κ1) is 19.5. The molecule has 0 spiro atoms. The Morgan fingerprint density at radius 2 is 1.45 bits per heavy atom. The van der Waals surface area contributed by atoms with E-state index >= 15 is 0 Å². The minimum absolute atomic E-state index is 0.140. The van der Waals surface area contributed by atoms with Gasteiger partial charge < -0.3 is 19.3 Å². The van der Waals surface area contributed by atoms with Crippen LogP contribution in [0.4, 0.5) is 5.69 Å². The number of ether oxygens (including phenoxy) is 2. The molecule has 5 heteroatoms. The molecule has 3 aromatic rings. The Hall–Kier alpha value is -3.47. The zero-order valence-electron chi connectivity index (χ0n) is 17.7. The highest BCUT2D eigenvalue weighted by Crippen LogP contribution is 2.44. The van der Waals surface area contributed by atoms with Gasteiger partial charge in [0.05, 0.1) is 18.2 Å². The molecule has 5 nitrogen and oxygen atoms in total. The summed E-state index contributed by atoms with van der Waals surface area (Å²) in [7, 11) is 0. The molecular weight excluding hydrogens is 388 g/mol. The number of benzene rings is 3. The second-order valence-electron chi connectivity index (χ2n) is 7.82. The summed E-state index contributed by atoms with van der Waals surface area (Å²) in [5.41, 5.74) is 2.98. The Morgan fingerprint density at radius 1 is 0.871 bits per heavy atom. The molecule has 2 aliphatic heterocycles. The average Bonchev–Trinajstić information content (AvgIpc) is 2.83. The predicted molar refractivity (Wildman–Crippen MR) is 121 cm³/mol. The van der Waals surface area contributed by atoms with Crippen molar-refractivity contribution in [1.29, 1.82) is 0 Å². The van der Waals surface area contributed by atoms with Gasteiger partial charge in [-0.3, -0.25) is 4.79 Å². The predicted octanol–water partition coefficient (Wildman–Crippen LogP) is 4.67. The van der Waals surface area contributed by atoms with Crippen molar-refractivity contribution in [3.8, 4) is 17.2 Å². The van der Waals surface area contributed by atoms with E-state index in [1.165, 1.54) is 0 Å². The molecule has 0 aromatic heterocycles. The van der Waals surface area contributed by atoms with Crippen molar-refractivity contribution in [3.05, 3.63) is 83.9 Å². The molecule has 0 unspecified atom stereocenters. The van der Waals surface area contributed by atoms with Gasteiger partial charge in [0.1, 0.15) is 17.2 Å². The van der Waals surface area contributed by atoms with E-state index in [1.54, 1.807) is 0 Å². The zero-order chi connectivity index (χ0) is 21.2. The summed E-state index contributed by atoms with van der Waals surface area (Å²) in [6.45, 7) is 5.56. The van der Waals surface area contributed by atoms with Crippen LogP contribution < -0.4 is 14.4 Å². The lowest BCUT2D eigenvalue weighted by Crippen LogP contribution is -2.50. The number of anilines is 1. The van der Waals surface area contributed by atoms with Gasteiger partial charge in [0, 0.05) is 37.3 Å². The zero-order valence-corrected chi connectivity index (χ0v) is 17.7. The van der Waals surface area contributed by atoms with Crippen LogP contribution >= 0.6 is 0 Å². The highest BCUT2D eigenvalue weighted by molar-refractivity contribution is 5.90. The van der Waals surface area contributed by atoms with Gasteiger partial charge >= 0.3 is 0 Å². The Labute approximate surface area is 182 Å². The molecule has 1 fully saturated rings. The van der Waals surface area contributed by atoms with Crippen LogP contribution in [0.5, 0.6) is 17.2 Å². The van der Waals surface area contributed by atoms with Crippen LogP contribution in [0, 0.1) is 0 Å². The summed E-state index contributed by atoms with van der Waals surface area (Å²) in [5, 5.41) is 0. The van der Waals surface area contributed by atoms with Gasteiger partial charge in [-0.1, -0.05) is 48.5 Å². The molecular formula is C26H26N2O3. The summed E-state index contributed by atoms with van der Waals surface area (Å²) in [5.74, 6) is 2.24.